The molecule has 0 amide bonds. The number of halogens is 2. The Bertz CT molecular complexity index is 681. The van der Waals surface area contributed by atoms with E-state index in [0.717, 1.165) is 16.8 Å². The zero-order valence-electron chi connectivity index (χ0n) is 16.2. The third-order valence-electron chi connectivity index (χ3n) is 5.22. The lowest BCUT2D eigenvalue weighted by molar-refractivity contribution is 0.300. The van der Waals surface area contributed by atoms with Gasteiger partial charge in [-0.25, -0.2) is 0 Å². The van der Waals surface area contributed by atoms with Crippen molar-refractivity contribution in [3.8, 4) is 5.75 Å². The van der Waals surface area contributed by atoms with E-state index < -0.39 is 0 Å². The topological polar surface area (TPSA) is 21.3 Å². The molecule has 0 atom stereocenters. The maximum absolute atomic E-state index is 6.14. The van der Waals surface area contributed by atoms with E-state index in [1.54, 1.807) is 0 Å². The van der Waals surface area contributed by atoms with E-state index in [1.807, 2.05) is 0 Å². The predicted molar refractivity (Wildman–Crippen MR) is 120 cm³/mol. The van der Waals surface area contributed by atoms with Crippen molar-refractivity contribution in [1.29, 1.82) is 0 Å². The Hall–Kier alpha value is -1.03. The van der Waals surface area contributed by atoms with Crippen molar-refractivity contribution >= 4 is 28.3 Å². The highest BCUT2D eigenvalue weighted by Gasteiger charge is 2.12. The number of benzene rings is 2. The third kappa shape index (κ3) is 7.48. The number of aryl methyl sites for hydroxylation is 1. The molecule has 0 unspecified atom stereocenters. The molecule has 0 heterocycles. The van der Waals surface area contributed by atoms with Crippen molar-refractivity contribution in [2.75, 3.05) is 0 Å². The summed E-state index contributed by atoms with van der Waals surface area (Å²) in [6, 6.07) is 15.5. The largest absolute Gasteiger partial charge is 0.489 e. The number of nitrogens with one attached hydrogen (secondary N) is 1. The number of rotatable bonds is 6. The molecule has 0 aromatic heterocycles. The predicted octanol–water partition coefficient (Wildman–Crippen LogP) is 6.96. The highest BCUT2D eigenvalue weighted by Crippen LogP contribution is 2.25. The molecule has 148 valence electrons. The minimum Gasteiger partial charge on any atom is -0.489 e. The van der Waals surface area contributed by atoms with Crippen LogP contribution >= 0.6 is 28.3 Å². The average Bonchev–Trinajstić information content (AvgIpc) is 2.61. The lowest BCUT2D eigenvalue weighted by Crippen LogP contribution is -2.29. The zero-order chi connectivity index (χ0) is 18.2. The summed E-state index contributed by atoms with van der Waals surface area (Å²) in [5, 5.41) is 3.78. The monoisotopic (exact) mass is 451 g/mol. The van der Waals surface area contributed by atoms with E-state index in [2.05, 4.69) is 70.6 Å². The Balaban J connectivity index is 0.00000261. The van der Waals surface area contributed by atoms with Gasteiger partial charge in [0.25, 0.3) is 0 Å². The van der Waals surface area contributed by atoms with Gasteiger partial charge in [0.2, 0.25) is 0 Å². The van der Waals surface area contributed by atoms with Crippen LogP contribution in [0.2, 0.25) is 0 Å². The first-order valence-electron chi connectivity index (χ1n) is 9.91. The molecule has 4 heteroatoms. The molecule has 0 bridgehead atoms. The first kappa shape index (κ1) is 22.3. The zero-order valence-corrected chi connectivity index (χ0v) is 18.6. The molecule has 27 heavy (non-hydrogen) atoms. The van der Waals surface area contributed by atoms with E-state index >= 15 is 0 Å². The molecular weight excluding hydrogens is 422 g/mol. The molecule has 0 saturated heterocycles. The van der Waals surface area contributed by atoms with Gasteiger partial charge in [-0.2, -0.15) is 0 Å². The summed E-state index contributed by atoms with van der Waals surface area (Å²) < 4.78 is 7.25. The second-order valence-electron chi connectivity index (χ2n) is 7.45. The Morgan fingerprint density at radius 3 is 2.33 bits per heavy atom. The fourth-order valence-electron chi connectivity index (χ4n) is 3.59. The van der Waals surface area contributed by atoms with Gasteiger partial charge < -0.3 is 10.1 Å². The van der Waals surface area contributed by atoms with Gasteiger partial charge in [-0.15, -0.1) is 12.4 Å². The van der Waals surface area contributed by atoms with E-state index in [9.17, 15) is 0 Å². The van der Waals surface area contributed by atoms with Gasteiger partial charge in [0.15, 0.2) is 0 Å². The molecule has 2 aromatic rings. The van der Waals surface area contributed by atoms with Crippen LogP contribution in [0.15, 0.2) is 46.9 Å². The van der Waals surface area contributed by atoms with Gasteiger partial charge in [0.05, 0.1) is 0 Å². The van der Waals surface area contributed by atoms with Crippen molar-refractivity contribution < 1.29 is 4.74 Å². The van der Waals surface area contributed by atoms with Crippen LogP contribution < -0.4 is 10.1 Å². The van der Waals surface area contributed by atoms with Crippen LogP contribution in [0.4, 0.5) is 0 Å². The summed E-state index contributed by atoms with van der Waals surface area (Å²) in [6.45, 7) is 3.59. The lowest BCUT2D eigenvalue weighted by atomic mass is 9.96. The van der Waals surface area contributed by atoms with Gasteiger partial charge in [0, 0.05) is 22.6 Å². The first-order chi connectivity index (χ1) is 12.7. The van der Waals surface area contributed by atoms with Crippen molar-refractivity contribution in [3.05, 3.63) is 63.6 Å². The van der Waals surface area contributed by atoms with E-state index in [-0.39, 0.29) is 12.4 Å². The van der Waals surface area contributed by atoms with Crippen LogP contribution in [0.5, 0.6) is 5.75 Å². The summed E-state index contributed by atoms with van der Waals surface area (Å²) in [7, 11) is 0. The molecule has 1 saturated carbocycles. The molecule has 2 nitrogen and oxygen atoms in total. The van der Waals surface area contributed by atoms with E-state index in [1.165, 1.54) is 61.6 Å². The van der Waals surface area contributed by atoms with Gasteiger partial charge >= 0.3 is 0 Å². The minimum absolute atomic E-state index is 0. The van der Waals surface area contributed by atoms with Crippen LogP contribution in [-0.4, -0.2) is 6.04 Å². The summed E-state index contributed by atoms with van der Waals surface area (Å²) in [5.41, 5.74) is 3.72. The molecule has 1 aliphatic carbocycles. The fraction of sp³-hybridized carbons (Fsp3) is 0.478. The lowest BCUT2D eigenvalue weighted by Gasteiger charge is -2.22. The van der Waals surface area contributed by atoms with Gasteiger partial charge in [0.1, 0.15) is 12.4 Å². The minimum atomic E-state index is 0. The smallest absolute Gasteiger partial charge is 0.124 e. The van der Waals surface area contributed by atoms with Crippen LogP contribution in [0.3, 0.4) is 0 Å². The summed E-state index contributed by atoms with van der Waals surface area (Å²) >= 11 is 3.61. The Morgan fingerprint density at radius 2 is 1.63 bits per heavy atom. The molecule has 0 aliphatic heterocycles. The van der Waals surface area contributed by atoms with Crippen molar-refractivity contribution in [2.45, 2.75) is 71.1 Å². The molecule has 0 spiro atoms. The molecular formula is C23H31BrClNO. The van der Waals surface area contributed by atoms with Crippen molar-refractivity contribution in [3.63, 3.8) is 0 Å². The van der Waals surface area contributed by atoms with Crippen molar-refractivity contribution in [1.82, 2.24) is 5.32 Å². The van der Waals surface area contributed by atoms with Crippen LogP contribution in [0.25, 0.3) is 0 Å². The molecule has 1 aliphatic rings. The Labute approximate surface area is 178 Å². The van der Waals surface area contributed by atoms with Crippen LogP contribution in [-0.2, 0) is 13.2 Å². The number of ether oxygens (including phenoxy) is 1. The molecule has 0 radical (unpaired) electrons. The van der Waals surface area contributed by atoms with E-state index in [4.69, 9.17) is 4.74 Å². The fourth-order valence-corrected chi connectivity index (χ4v) is 4.00. The van der Waals surface area contributed by atoms with Gasteiger partial charge in [-0.1, -0.05) is 77.9 Å². The molecule has 2 aromatic carbocycles. The summed E-state index contributed by atoms with van der Waals surface area (Å²) in [5.74, 6) is 0.979. The third-order valence-corrected chi connectivity index (χ3v) is 5.72. The summed E-state index contributed by atoms with van der Waals surface area (Å²) in [6.07, 6.45) is 9.50. The summed E-state index contributed by atoms with van der Waals surface area (Å²) in [4.78, 5) is 0. The SMILES string of the molecule is Cc1ccc(COc2ccc(Br)cc2CNC2CCCCCCC2)cc1.Cl. The number of hydrogen-bond donors (Lipinski definition) is 1. The second-order valence-corrected chi connectivity index (χ2v) is 8.36. The first-order valence-corrected chi connectivity index (χ1v) is 10.7. The Kier molecular flexibility index (Phi) is 9.67. The standard InChI is InChI=1S/C23H30BrNO.ClH/c1-18-9-11-19(12-10-18)17-26-23-14-13-21(24)15-20(23)16-25-22-7-5-3-2-4-6-8-22;/h9-15,22,25H,2-8,16-17H2,1H3;1H. The van der Waals surface area contributed by atoms with Gasteiger partial charge in [-0.05, 0) is 43.5 Å². The average molecular weight is 453 g/mol. The Morgan fingerprint density at radius 1 is 0.963 bits per heavy atom. The van der Waals surface area contributed by atoms with Crippen LogP contribution in [0.1, 0.15) is 61.6 Å². The highest BCUT2D eigenvalue weighted by molar-refractivity contribution is 9.10. The van der Waals surface area contributed by atoms with Gasteiger partial charge in [-0.3, -0.25) is 0 Å². The highest BCUT2D eigenvalue weighted by atomic mass is 79.9. The molecule has 3 rings (SSSR count). The maximum Gasteiger partial charge on any atom is 0.124 e. The molecule has 1 N–H and O–H groups in total. The number of hydrogen-bond acceptors (Lipinski definition) is 2. The van der Waals surface area contributed by atoms with Crippen LogP contribution in [0, 0.1) is 6.92 Å². The quantitative estimate of drug-likeness (QED) is 0.511. The molecule has 1 fully saturated rings. The van der Waals surface area contributed by atoms with E-state index in [0.29, 0.717) is 12.6 Å². The van der Waals surface area contributed by atoms with Crippen molar-refractivity contribution in [2.24, 2.45) is 0 Å². The normalized spacial score (nSPS) is 15.5. The second kappa shape index (κ2) is 11.7. The maximum atomic E-state index is 6.14.